The van der Waals surface area contributed by atoms with Crippen LogP contribution in [0.4, 0.5) is 0 Å². The summed E-state index contributed by atoms with van der Waals surface area (Å²) in [4.78, 5) is -0.0656. The molecular formula is C24H25ClNO4S. The molecule has 1 unspecified atom stereocenters. The van der Waals surface area contributed by atoms with Gasteiger partial charge in [0.25, 0.3) is 0 Å². The number of rotatable bonds is 9. The summed E-state index contributed by atoms with van der Waals surface area (Å²) in [6.45, 7) is 6.35. The normalized spacial score (nSPS) is 13.4. The second kappa shape index (κ2) is 9.73. The van der Waals surface area contributed by atoms with Gasteiger partial charge in [0.2, 0.25) is 0 Å². The summed E-state index contributed by atoms with van der Waals surface area (Å²) in [5, 5.41) is 0.232. The second-order valence-electron chi connectivity index (χ2n) is 7.33. The molecule has 0 bridgehead atoms. The number of nitrogens with two attached hydrogens (primary N) is 1. The van der Waals surface area contributed by atoms with Gasteiger partial charge in [0.15, 0.2) is 0 Å². The third kappa shape index (κ3) is 6.00. The Kier molecular flexibility index (Phi) is 7.26. The Labute approximate surface area is 188 Å². The minimum absolute atomic E-state index is 0.0656. The van der Waals surface area contributed by atoms with Crippen LogP contribution in [0.3, 0.4) is 0 Å². The van der Waals surface area contributed by atoms with Crippen molar-refractivity contribution in [3.05, 3.63) is 95.9 Å². The Morgan fingerprint density at radius 1 is 1.00 bits per heavy atom. The van der Waals surface area contributed by atoms with E-state index in [4.69, 9.17) is 26.3 Å². The first kappa shape index (κ1) is 23.1. The molecule has 1 radical (unpaired) electrons. The fourth-order valence-corrected chi connectivity index (χ4v) is 4.55. The van der Waals surface area contributed by atoms with Crippen LogP contribution >= 0.6 is 11.6 Å². The maximum Gasteiger partial charge on any atom is 0.339 e. The standard InChI is InChI=1S/C24H25ClNO4S/c1-3-14-24(2,26)22-13-12-21(16-23(22)25)31(27,28)30-20-11-7-10-19(15-20)29-17-18-8-5-4-6-9-18/h4-13,15-16H,2-3,14,17,26H2,1H3. The van der Waals surface area contributed by atoms with Gasteiger partial charge in [0, 0.05) is 16.6 Å². The van der Waals surface area contributed by atoms with Gasteiger partial charge in [-0.05, 0) is 48.7 Å². The lowest BCUT2D eigenvalue weighted by molar-refractivity contribution is 0.305. The number of ether oxygens (including phenoxy) is 1. The molecule has 0 aromatic heterocycles. The molecule has 0 amide bonds. The first-order valence-corrected chi connectivity index (χ1v) is 11.7. The van der Waals surface area contributed by atoms with Crippen LogP contribution in [0.15, 0.2) is 77.7 Å². The van der Waals surface area contributed by atoms with Gasteiger partial charge in [0.05, 0.1) is 0 Å². The average Bonchev–Trinajstić information content (AvgIpc) is 2.72. The van der Waals surface area contributed by atoms with Crippen molar-refractivity contribution < 1.29 is 17.3 Å². The van der Waals surface area contributed by atoms with Crippen molar-refractivity contribution in [2.45, 2.75) is 36.8 Å². The van der Waals surface area contributed by atoms with Crippen LogP contribution in [-0.2, 0) is 22.3 Å². The molecule has 1 atom stereocenters. The fourth-order valence-electron chi connectivity index (χ4n) is 3.17. The molecule has 3 aromatic carbocycles. The van der Waals surface area contributed by atoms with E-state index in [9.17, 15) is 8.42 Å². The van der Waals surface area contributed by atoms with Crippen LogP contribution in [0, 0.1) is 6.92 Å². The highest BCUT2D eigenvalue weighted by Gasteiger charge is 2.25. The predicted molar refractivity (Wildman–Crippen MR) is 123 cm³/mol. The predicted octanol–water partition coefficient (Wildman–Crippen LogP) is 5.47. The number of hydrogen-bond acceptors (Lipinski definition) is 5. The Bertz CT molecular complexity index is 1130. The van der Waals surface area contributed by atoms with Gasteiger partial charge in [-0.2, -0.15) is 8.42 Å². The molecule has 0 heterocycles. The lowest BCUT2D eigenvalue weighted by Crippen LogP contribution is -2.33. The van der Waals surface area contributed by atoms with E-state index in [1.165, 1.54) is 18.2 Å². The van der Waals surface area contributed by atoms with E-state index in [0.717, 1.165) is 12.0 Å². The Balaban J connectivity index is 1.75. The van der Waals surface area contributed by atoms with Crippen molar-refractivity contribution in [3.8, 4) is 11.5 Å². The summed E-state index contributed by atoms with van der Waals surface area (Å²) in [6.07, 6.45) is 1.44. The molecule has 163 valence electrons. The molecule has 3 aromatic rings. The topological polar surface area (TPSA) is 78.6 Å². The molecule has 0 spiro atoms. The molecule has 0 saturated heterocycles. The average molecular weight is 459 g/mol. The van der Waals surface area contributed by atoms with E-state index < -0.39 is 15.7 Å². The molecule has 0 aliphatic carbocycles. The first-order chi connectivity index (χ1) is 14.7. The van der Waals surface area contributed by atoms with Crippen molar-refractivity contribution >= 4 is 21.7 Å². The van der Waals surface area contributed by atoms with Crippen molar-refractivity contribution in [2.24, 2.45) is 5.73 Å². The van der Waals surface area contributed by atoms with E-state index in [0.29, 0.717) is 24.3 Å². The molecule has 7 heteroatoms. The Hall–Kier alpha value is -2.54. The van der Waals surface area contributed by atoms with Crippen molar-refractivity contribution in [2.75, 3.05) is 0 Å². The smallest absolute Gasteiger partial charge is 0.339 e. The molecule has 0 aliphatic rings. The highest BCUT2D eigenvalue weighted by Crippen LogP contribution is 2.32. The summed E-state index contributed by atoms with van der Waals surface area (Å²) < 4.78 is 36.6. The van der Waals surface area contributed by atoms with E-state index in [2.05, 4.69) is 6.92 Å². The summed E-state index contributed by atoms with van der Waals surface area (Å²) >= 11 is 6.32. The summed E-state index contributed by atoms with van der Waals surface area (Å²) in [6, 6.07) is 20.5. The van der Waals surface area contributed by atoms with Gasteiger partial charge >= 0.3 is 10.1 Å². The SMILES string of the molecule is [CH2]C(N)(CCC)c1ccc(S(=O)(=O)Oc2cccc(OCc3ccccc3)c2)cc1Cl. The minimum atomic E-state index is -4.10. The third-order valence-corrected chi connectivity index (χ3v) is 6.28. The van der Waals surface area contributed by atoms with Crippen molar-refractivity contribution in [1.82, 2.24) is 0 Å². The van der Waals surface area contributed by atoms with Gasteiger partial charge in [-0.3, -0.25) is 0 Å². The molecule has 5 nitrogen and oxygen atoms in total. The summed E-state index contributed by atoms with van der Waals surface area (Å²) in [5.74, 6) is 0.636. The van der Waals surface area contributed by atoms with Crippen LogP contribution in [0.5, 0.6) is 11.5 Å². The number of halogens is 1. The van der Waals surface area contributed by atoms with Gasteiger partial charge in [-0.1, -0.05) is 67.4 Å². The maximum absolute atomic E-state index is 12.8. The summed E-state index contributed by atoms with van der Waals surface area (Å²) in [7, 11) is -4.10. The van der Waals surface area contributed by atoms with Crippen LogP contribution in [-0.4, -0.2) is 8.42 Å². The molecule has 31 heavy (non-hydrogen) atoms. The lowest BCUT2D eigenvalue weighted by Gasteiger charge is -2.25. The largest absolute Gasteiger partial charge is 0.489 e. The molecule has 0 saturated carbocycles. The third-order valence-electron chi connectivity index (χ3n) is 4.72. The van der Waals surface area contributed by atoms with Crippen molar-refractivity contribution in [1.29, 1.82) is 0 Å². The molecular weight excluding hydrogens is 434 g/mol. The zero-order valence-electron chi connectivity index (χ0n) is 17.3. The highest BCUT2D eigenvalue weighted by atomic mass is 35.5. The Morgan fingerprint density at radius 3 is 2.39 bits per heavy atom. The minimum Gasteiger partial charge on any atom is -0.489 e. The molecule has 2 N–H and O–H groups in total. The number of benzene rings is 3. The Morgan fingerprint density at radius 2 is 1.71 bits per heavy atom. The second-order valence-corrected chi connectivity index (χ2v) is 9.29. The lowest BCUT2D eigenvalue weighted by atomic mass is 9.89. The van der Waals surface area contributed by atoms with Gasteiger partial charge in [-0.25, -0.2) is 0 Å². The van der Waals surface area contributed by atoms with Gasteiger partial charge < -0.3 is 14.7 Å². The van der Waals surface area contributed by atoms with Crippen LogP contribution in [0.25, 0.3) is 0 Å². The quantitative estimate of drug-likeness (QED) is 0.430. The summed E-state index contributed by atoms with van der Waals surface area (Å²) in [5.41, 5.74) is 6.93. The van der Waals surface area contributed by atoms with Crippen LogP contribution in [0.1, 0.15) is 30.9 Å². The van der Waals surface area contributed by atoms with E-state index in [-0.39, 0.29) is 15.7 Å². The molecule has 0 fully saturated rings. The molecule has 0 aliphatic heterocycles. The fraction of sp³-hybridized carbons (Fsp3) is 0.208. The zero-order valence-corrected chi connectivity index (χ0v) is 18.8. The van der Waals surface area contributed by atoms with E-state index >= 15 is 0 Å². The van der Waals surface area contributed by atoms with Crippen LogP contribution in [0.2, 0.25) is 5.02 Å². The number of hydrogen-bond donors (Lipinski definition) is 1. The molecule has 3 rings (SSSR count). The highest BCUT2D eigenvalue weighted by molar-refractivity contribution is 7.87. The van der Waals surface area contributed by atoms with Gasteiger partial charge in [-0.15, -0.1) is 0 Å². The van der Waals surface area contributed by atoms with Crippen LogP contribution < -0.4 is 14.7 Å². The van der Waals surface area contributed by atoms with Crippen molar-refractivity contribution in [3.63, 3.8) is 0 Å². The van der Waals surface area contributed by atoms with E-state index in [1.54, 1.807) is 24.3 Å². The van der Waals surface area contributed by atoms with E-state index in [1.807, 2.05) is 37.3 Å². The zero-order chi connectivity index (χ0) is 22.5. The maximum atomic E-state index is 12.8. The monoisotopic (exact) mass is 458 g/mol. The van der Waals surface area contributed by atoms with Gasteiger partial charge in [0.1, 0.15) is 23.0 Å². The first-order valence-electron chi connectivity index (χ1n) is 9.87.